The highest BCUT2D eigenvalue weighted by atomic mass is 35.5. The van der Waals surface area contributed by atoms with E-state index in [9.17, 15) is 4.79 Å². The predicted molar refractivity (Wildman–Crippen MR) is 81.1 cm³/mol. The number of halogens is 1. The lowest BCUT2D eigenvalue weighted by molar-refractivity contribution is 0.0951. The van der Waals surface area contributed by atoms with E-state index in [2.05, 4.69) is 15.4 Å². The second-order valence-electron chi connectivity index (χ2n) is 4.67. The van der Waals surface area contributed by atoms with Gasteiger partial charge in [-0.1, -0.05) is 35.9 Å². The Morgan fingerprint density at radius 3 is 2.76 bits per heavy atom. The molecule has 1 N–H and O–H groups in total. The Hall–Kier alpha value is -2.40. The molecule has 21 heavy (non-hydrogen) atoms. The van der Waals surface area contributed by atoms with E-state index in [0.29, 0.717) is 17.3 Å². The van der Waals surface area contributed by atoms with Crippen LogP contribution >= 0.6 is 11.6 Å². The molecule has 0 atom stereocenters. The summed E-state index contributed by atoms with van der Waals surface area (Å²) in [7, 11) is 1.84. The molecule has 3 aromatic rings. The summed E-state index contributed by atoms with van der Waals surface area (Å²) in [6.45, 7) is 0.372. The average Bonchev–Trinajstić information content (AvgIpc) is 2.91. The summed E-state index contributed by atoms with van der Waals surface area (Å²) < 4.78 is 1.70. The molecule has 0 spiro atoms. The third kappa shape index (κ3) is 2.73. The van der Waals surface area contributed by atoms with Gasteiger partial charge in [-0.05, 0) is 11.5 Å². The van der Waals surface area contributed by atoms with Crippen LogP contribution in [0.3, 0.4) is 0 Å². The second kappa shape index (κ2) is 5.54. The SMILES string of the molecule is Cn1ccc(CNC(=O)c2cnc(Cl)c3ccccc23)n1. The zero-order chi connectivity index (χ0) is 14.8. The Kier molecular flexibility index (Phi) is 3.58. The first-order valence-corrected chi connectivity index (χ1v) is 6.83. The van der Waals surface area contributed by atoms with E-state index in [1.807, 2.05) is 43.6 Å². The molecule has 6 heteroatoms. The van der Waals surface area contributed by atoms with E-state index in [4.69, 9.17) is 11.6 Å². The maximum atomic E-state index is 12.3. The molecule has 0 aliphatic carbocycles. The molecule has 5 nitrogen and oxygen atoms in total. The fraction of sp³-hybridized carbons (Fsp3) is 0.133. The summed E-state index contributed by atoms with van der Waals surface area (Å²) in [5.41, 5.74) is 1.31. The molecule has 2 aromatic heterocycles. The van der Waals surface area contributed by atoms with Crippen LogP contribution in [0.4, 0.5) is 0 Å². The normalized spacial score (nSPS) is 10.8. The van der Waals surface area contributed by atoms with Crippen LogP contribution < -0.4 is 5.32 Å². The van der Waals surface area contributed by atoms with Gasteiger partial charge in [-0.2, -0.15) is 5.10 Å². The Bertz CT molecular complexity index is 812. The Morgan fingerprint density at radius 1 is 1.29 bits per heavy atom. The molecule has 0 bridgehead atoms. The van der Waals surface area contributed by atoms with E-state index < -0.39 is 0 Å². The number of hydrogen-bond donors (Lipinski definition) is 1. The predicted octanol–water partition coefficient (Wildman–Crippen LogP) is 2.55. The summed E-state index contributed by atoms with van der Waals surface area (Å²) in [5, 5.41) is 9.01. The molecule has 2 heterocycles. The minimum absolute atomic E-state index is 0.194. The quantitative estimate of drug-likeness (QED) is 0.756. The number of benzene rings is 1. The third-order valence-electron chi connectivity index (χ3n) is 3.19. The Morgan fingerprint density at radius 2 is 2.05 bits per heavy atom. The van der Waals surface area contributed by atoms with Crippen LogP contribution in [0.2, 0.25) is 5.15 Å². The van der Waals surface area contributed by atoms with Crippen LogP contribution in [-0.4, -0.2) is 20.7 Å². The van der Waals surface area contributed by atoms with Crippen molar-refractivity contribution in [3.8, 4) is 0 Å². The molecule has 0 aliphatic rings. The van der Waals surface area contributed by atoms with Gasteiger partial charge in [-0.3, -0.25) is 9.48 Å². The van der Waals surface area contributed by atoms with Crippen molar-refractivity contribution in [3.05, 3.63) is 59.1 Å². The minimum atomic E-state index is -0.194. The van der Waals surface area contributed by atoms with E-state index in [1.54, 1.807) is 4.68 Å². The van der Waals surface area contributed by atoms with Crippen molar-refractivity contribution in [2.45, 2.75) is 6.54 Å². The molecule has 106 valence electrons. The van der Waals surface area contributed by atoms with Crippen LogP contribution in [0.1, 0.15) is 16.1 Å². The van der Waals surface area contributed by atoms with Crippen LogP contribution in [0.5, 0.6) is 0 Å². The fourth-order valence-electron chi connectivity index (χ4n) is 2.16. The zero-order valence-corrected chi connectivity index (χ0v) is 12.1. The molecule has 0 saturated heterocycles. The van der Waals surface area contributed by atoms with Crippen LogP contribution in [0.25, 0.3) is 10.8 Å². The summed E-state index contributed by atoms with van der Waals surface area (Å²) in [4.78, 5) is 16.4. The van der Waals surface area contributed by atoms with Crippen molar-refractivity contribution < 1.29 is 4.79 Å². The molecule has 1 amide bonds. The number of fused-ring (bicyclic) bond motifs is 1. The first-order chi connectivity index (χ1) is 10.1. The number of carbonyl (C=O) groups is 1. The van der Waals surface area contributed by atoms with Crippen LogP contribution in [0.15, 0.2) is 42.7 Å². The van der Waals surface area contributed by atoms with Gasteiger partial charge in [0.05, 0.1) is 17.8 Å². The van der Waals surface area contributed by atoms with Crippen molar-refractivity contribution in [2.75, 3.05) is 0 Å². The third-order valence-corrected chi connectivity index (χ3v) is 3.49. The van der Waals surface area contributed by atoms with Crippen molar-refractivity contribution in [1.29, 1.82) is 0 Å². The highest BCUT2D eigenvalue weighted by Gasteiger charge is 2.12. The van der Waals surface area contributed by atoms with Crippen molar-refractivity contribution in [1.82, 2.24) is 20.1 Å². The molecule has 3 rings (SSSR count). The van der Waals surface area contributed by atoms with Gasteiger partial charge in [0.15, 0.2) is 0 Å². The molecular weight excluding hydrogens is 288 g/mol. The Labute approximate surface area is 126 Å². The number of hydrogen-bond acceptors (Lipinski definition) is 3. The smallest absolute Gasteiger partial charge is 0.253 e. The number of aromatic nitrogens is 3. The summed E-state index contributed by atoms with van der Waals surface area (Å²) in [6.07, 6.45) is 3.33. The minimum Gasteiger partial charge on any atom is -0.346 e. The maximum absolute atomic E-state index is 12.3. The molecular formula is C15H13ClN4O. The highest BCUT2D eigenvalue weighted by Crippen LogP contribution is 2.24. The number of amides is 1. The second-order valence-corrected chi connectivity index (χ2v) is 5.03. The van der Waals surface area contributed by atoms with E-state index in [1.165, 1.54) is 6.20 Å². The number of rotatable bonds is 3. The molecule has 0 saturated carbocycles. The number of nitrogens with zero attached hydrogens (tertiary/aromatic N) is 3. The molecule has 0 radical (unpaired) electrons. The molecule has 0 fully saturated rings. The lowest BCUT2D eigenvalue weighted by atomic mass is 10.1. The molecule has 0 unspecified atom stereocenters. The van der Waals surface area contributed by atoms with Gasteiger partial charge in [-0.25, -0.2) is 4.98 Å². The average molecular weight is 301 g/mol. The number of nitrogens with one attached hydrogen (secondary N) is 1. The van der Waals surface area contributed by atoms with Gasteiger partial charge < -0.3 is 5.32 Å². The standard InChI is InChI=1S/C15H13ClN4O/c1-20-7-6-10(19-20)8-18-15(21)13-9-17-14(16)12-5-3-2-4-11(12)13/h2-7,9H,8H2,1H3,(H,18,21). The lowest BCUT2D eigenvalue weighted by Gasteiger charge is -2.07. The first-order valence-electron chi connectivity index (χ1n) is 6.45. The summed E-state index contributed by atoms with van der Waals surface area (Å²) in [5.74, 6) is -0.194. The summed E-state index contributed by atoms with van der Waals surface area (Å²) >= 11 is 6.05. The molecule has 1 aromatic carbocycles. The van der Waals surface area contributed by atoms with Gasteiger partial charge in [0, 0.05) is 24.8 Å². The van der Waals surface area contributed by atoms with Gasteiger partial charge >= 0.3 is 0 Å². The van der Waals surface area contributed by atoms with Crippen molar-refractivity contribution >= 4 is 28.3 Å². The Balaban J connectivity index is 1.86. The fourth-order valence-corrected chi connectivity index (χ4v) is 2.38. The van der Waals surface area contributed by atoms with E-state index >= 15 is 0 Å². The lowest BCUT2D eigenvalue weighted by Crippen LogP contribution is -2.23. The van der Waals surface area contributed by atoms with Crippen LogP contribution in [0, 0.1) is 0 Å². The van der Waals surface area contributed by atoms with Gasteiger partial charge in [0.25, 0.3) is 5.91 Å². The number of carbonyl (C=O) groups excluding carboxylic acids is 1. The van der Waals surface area contributed by atoms with Gasteiger partial charge in [0.2, 0.25) is 0 Å². The highest BCUT2D eigenvalue weighted by molar-refractivity contribution is 6.34. The first kappa shape index (κ1) is 13.6. The van der Waals surface area contributed by atoms with Gasteiger partial charge in [0.1, 0.15) is 5.15 Å². The van der Waals surface area contributed by atoms with Gasteiger partial charge in [-0.15, -0.1) is 0 Å². The van der Waals surface area contributed by atoms with E-state index in [0.717, 1.165) is 16.5 Å². The monoisotopic (exact) mass is 300 g/mol. The topological polar surface area (TPSA) is 59.8 Å². The number of pyridine rings is 1. The number of aryl methyl sites for hydroxylation is 1. The van der Waals surface area contributed by atoms with Crippen molar-refractivity contribution in [2.24, 2.45) is 7.05 Å². The van der Waals surface area contributed by atoms with Crippen molar-refractivity contribution in [3.63, 3.8) is 0 Å². The summed E-state index contributed by atoms with van der Waals surface area (Å²) in [6, 6.07) is 9.30. The maximum Gasteiger partial charge on any atom is 0.253 e. The zero-order valence-electron chi connectivity index (χ0n) is 11.4. The molecule has 0 aliphatic heterocycles. The van der Waals surface area contributed by atoms with E-state index in [-0.39, 0.29) is 5.91 Å². The van der Waals surface area contributed by atoms with Crippen LogP contribution in [-0.2, 0) is 13.6 Å². The largest absolute Gasteiger partial charge is 0.346 e.